The van der Waals surface area contributed by atoms with E-state index in [9.17, 15) is 0 Å². The monoisotopic (exact) mass is 318 g/mol. The molecule has 2 heteroatoms. The fourth-order valence-electron chi connectivity index (χ4n) is 3.40. The SMILES string of the molecule is Cc1ccc2c(-c3cc4sccc4cc3C)[n+](C)c(C)cc2c1. The summed E-state index contributed by atoms with van der Waals surface area (Å²) in [4.78, 5) is 0. The largest absolute Gasteiger partial charge is 0.220 e. The van der Waals surface area contributed by atoms with Gasteiger partial charge in [-0.25, -0.2) is 0 Å². The summed E-state index contributed by atoms with van der Waals surface area (Å²) >= 11 is 1.81. The number of thiophene rings is 1. The summed E-state index contributed by atoms with van der Waals surface area (Å²) in [6.07, 6.45) is 0. The van der Waals surface area contributed by atoms with Crippen LogP contribution in [0.1, 0.15) is 16.8 Å². The van der Waals surface area contributed by atoms with Gasteiger partial charge in [0.05, 0.1) is 10.9 Å². The maximum atomic E-state index is 2.35. The van der Waals surface area contributed by atoms with Crippen LogP contribution in [0.4, 0.5) is 0 Å². The third-order valence-electron chi connectivity index (χ3n) is 4.75. The highest BCUT2D eigenvalue weighted by atomic mass is 32.1. The normalized spacial score (nSPS) is 11.5. The Labute approximate surface area is 140 Å². The van der Waals surface area contributed by atoms with E-state index in [-0.39, 0.29) is 0 Å². The maximum Gasteiger partial charge on any atom is 0.220 e. The molecule has 1 nitrogen and oxygen atoms in total. The van der Waals surface area contributed by atoms with Gasteiger partial charge in [-0.15, -0.1) is 11.3 Å². The van der Waals surface area contributed by atoms with E-state index >= 15 is 0 Å². The molecule has 0 saturated carbocycles. The minimum atomic E-state index is 1.28. The van der Waals surface area contributed by atoms with Crippen molar-refractivity contribution in [2.24, 2.45) is 7.05 Å². The number of rotatable bonds is 1. The molecule has 0 spiro atoms. The molecule has 2 aromatic heterocycles. The van der Waals surface area contributed by atoms with E-state index in [0.717, 1.165) is 0 Å². The van der Waals surface area contributed by atoms with E-state index < -0.39 is 0 Å². The first-order chi connectivity index (χ1) is 11.0. The van der Waals surface area contributed by atoms with Gasteiger partial charge >= 0.3 is 0 Å². The Morgan fingerprint density at radius 2 is 1.70 bits per heavy atom. The van der Waals surface area contributed by atoms with Crippen molar-refractivity contribution in [1.82, 2.24) is 0 Å². The second kappa shape index (κ2) is 5.17. The number of aryl methyl sites for hydroxylation is 3. The van der Waals surface area contributed by atoms with Crippen LogP contribution >= 0.6 is 11.3 Å². The van der Waals surface area contributed by atoms with Crippen molar-refractivity contribution in [3.63, 3.8) is 0 Å². The van der Waals surface area contributed by atoms with Crippen LogP contribution in [0.3, 0.4) is 0 Å². The van der Waals surface area contributed by atoms with Crippen molar-refractivity contribution in [2.45, 2.75) is 20.8 Å². The number of aromatic nitrogens is 1. The van der Waals surface area contributed by atoms with Crippen LogP contribution in [0.2, 0.25) is 0 Å². The van der Waals surface area contributed by atoms with E-state index in [1.807, 2.05) is 11.3 Å². The lowest BCUT2D eigenvalue weighted by Gasteiger charge is -2.11. The Bertz CT molecular complexity index is 1060. The van der Waals surface area contributed by atoms with Crippen LogP contribution in [0.25, 0.3) is 32.1 Å². The number of benzene rings is 2. The Kier molecular flexibility index (Phi) is 3.24. The van der Waals surface area contributed by atoms with Gasteiger partial charge in [-0.05, 0) is 59.8 Å². The third-order valence-corrected chi connectivity index (χ3v) is 5.63. The van der Waals surface area contributed by atoms with Gasteiger partial charge in [0, 0.05) is 17.7 Å². The van der Waals surface area contributed by atoms with Gasteiger partial charge in [0.15, 0.2) is 5.69 Å². The summed E-state index contributed by atoms with van der Waals surface area (Å²) in [5.74, 6) is 0. The Morgan fingerprint density at radius 3 is 2.52 bits per heavy atom. The minimum Gasteiger partial charge on any atom is -0.198 e. The van der Waals surface area contributed by atoms with Crippen LogP contribution in [0, 0.1) is 20.8 Å². The number of hydrogen-bond donors (Lipinski definition) is 0. The molecule has 4 aromatic rings. The van der Waals surface area contributed by atoms with Gasteiger partial charge in [0.2, 0.25) is 5.69 Å². The summed E-state index contributed by atoms with van der Waals surface area (Å²) in [5.41, 5.74) is 6.57. The summed E-state index contributed by atoms with van der Waals surface area (Å²) in [6.45, 7) is 6.56. The predicted octanol–water partition coefficient (Wildman–Crippen LogP) is 5.47. The zero-order chi connectivity index (χ0) is 16.1. The van der Waals surface area contributed by atoms with Crippen molar-refractivity contribution in [2.75, 3.05) is 0 Å². The molecule has 23 heavy (non-hydrogen) atoms. The van der Waals surface area contributed by atoms with E-state index in [1.165, 1.54) is 48.9 Å². The Morgan fingerprint density at radius 1 is 0.870 bits per heavy atom. The van der Waals surface area contributed by atoms with E-state index in [2.05, 4.69) is 80.2 Å². The minimum absolute atomic E-state index is 1.28. The summed E-state index contributed by atoms with van der Waals surface area (Å²) in [5, 5.41) is 6.15. The molecule has 0 aliphatic rings. The van der Waals surface area contributed by atoms with Crippen molar-refractivity contribution in [1.29, 1.82) is 0 Å². The van der Waals surface area contributed by atoms with Gasteiger partial charge < -0.3 is 0 Å². The molecular weight excluding hydrogens is 298 g/mol. The average molecular weight is 318 g/mol. The summed E-state index contributed by atoms with van der Waals surface area (Å²) < 4.78 is 3.67. The molecule has 0 bridgehead atoms. The van der Waals surface area contributed by atoms with Crippen LogP contribution in [0.15, 0.2) is 47.8 Å². The molecule has 114 valence electrons. The first kappa shape index (κ1) is 14.4. The van der Waals surface area contributed by atoms with Crippen LogP contribution in [-0.2, 0) is 7.05 Å². The molecule has 0 radical (unpaired) electrons. The average Bonchev–Trinajstić information content (AvgIpc) is 2.95. The molecule has 0 unspecified atom stereocenters. The zero-order valence-corrected chi connectivity index (χ0v) is 14.8. The summed E-state index contributed by atoms with van der Waals surface area (Å²) in [7, 11) is 2.17. The second-order valence-electron chi connectivity index (χ2n) is 6.41. The van der Waals surface area contributed by atoms with Gasteiger partial charge in [0.25, 0.3) is 0 Å². The van der Waals surface area contributed by atoms with Gasteiger partial charge in [0.1, 0.15) is 7.05 Å². The molecular formula is C21H20NS+. The Hall–Kier alpha value is -2.19. The maximum absolute atomic E-state index is 2.35. The predicted molar refractivity (Wildman–Crippen MR) is 100 cm³/mol. The van der Waals surface area contributed by atoms with Crippen molar-refractivity contribution in [3.8, 4) is 11.3 Å². The highest BCUT2D eigenvalue weighted by Gasteiger charge is 2.20. The molecule has 0 saturated heterocycles. The molecule has 4 rings (SSSR count). The van der Waals surface area contributed by atoms with Crippen molar-refractivity contribution in [3.05, 3.63) is 64.7 Å². The van der Waals surface area contributed by atoms with Gasteiger partial charge in [-0.2, -0.15) is 4.57 Å². The number of fused-ring (bicyclic) bond motifs is 2. The molecule has 0 aliphatic carbocycles. The van der Waals surface area contributed by atoms with Gasteiger partial charge in [-0.3, -0.25) is 0 Å². The van der Waals surface area contributed by atoms with Crippen molar-refractivity contribution < 1.29 is 4.57 Å². The molecule has 0 fully saturated rings. The third kappa shape index (κ3) is 2.25. The van der Waals surface area contributed by atoms with Crippen LogP contribution < -0.4 is 4.57 Å². The lowest BCUT2D eigenvalue weighted by molar-refractivity contribution is -0.665. The van der Waals surface area contributed by atoms with E-state index in [4.69, 9.17) is 0 Å². The smallest absolute Gasteiger partial charge is 0.198 e. The lowest BCUT2D eigenvalue weighted by atomic mass is 9.97. The number of hydrogen-bond acceptors (Lipinski definition) is 1. The second-order valence-corrected chi connectivity index (χ2v) is 7.36. The van der Waals surface area contributed by atoms with Gasteiger partial charge in [-0.1, -0.05) is 17.7 Å². The zero-order valence-electron chi connectivity index (χ0n) is 14.0. The summed E-state index contributed by atoms with van der Waals surface area (Å²) in [6, 6.07) is 15.9. The quantitative estimate of drug-likeness (QED) is 0.410. The fraction of sp³-hybridized carbons (Fsp3) is 0.190. The standard InChI is InChI=1S/C21H20NS/c1-13-5-6-18-17(9-13)11-15(3)22(4)21(18)19-12-20-16(7-8-23-20)10-14(19)2/h5-12H,1-4H3/q+1. The number of pyridine rings is 1. The van der Waals surface area contributed by atoms with E-state index in [0.29, 0.717) is 0 Å². The Balaban J connectivity index is 2.14. The first-order valence-electron chi connectivity index (χ1n) is 7.93. The molecule has 0 aliphatic heterocycles. The lowest BCUT2D eigenvalue weighted by Crippen LogP contribution is -2.35. The molecule has 0 N–H and O–H groups in total. The molecule has 2 heterocycles. The highest BCUT2D eigenvalue weighted by Crippen LogP contribution is 2.33. The molecule has 0 amide bonds. The highest BCUT2D eigenvalue weighted by molar-refractivity contribution is 7.17. The molecule has 2 aromatic carbocycles. The van der Waals surface area contributed by atoms with Crippen LogP contribution in [0.5, 0.6) is 0 Å². The number of nitrogens with zero attached hydrogens (tertiary/aromatic N) is 1. The fourth-order valence-corrected chi connectivity index (χ4v) is 4.21. The van der Waals surface area contributed by atoms with Crippen molar-refractivity contribution >= 4 is 32.2 Å². The first-order valence-corrected chi connectivity index (χ1v) is 8.81. The molecule has 0 atom stereocenters. The van der Waals surface area contributed by atoms with Crippen LogP contribution in [-0.4, -0.2) is 0 Å². The van der Waals surface area contributed by atoms with E-state index in [1.54, 1.807) is 0 Å². The topological polar surface area (TPSA) is 3.88 Å².